The first-order chi connectivity index (χ1) is 13.5. The van der Waals surface area contributed by atoms with Gasteiger partial charge in [0, 0.05) is 49.4 Å². The molecule has 5 heteroatoms. The molecule has 1 aromatic rings. The molecule has 1 aromatic carbocycles. The average molecular weight is 451 g/mol. The predicted octanol–water partition coefficient (Wildman–Crippen LogP) is 5.10. The van der Waals surface area contributed by atoms with Crippen molar-refractivity contribution in [2.75, 3.05) is 20.2 Å². The molecule has 0 amide bonds. The Balaban J connectivity index is 0.000000221. The number of benzene rings is 1. The van der Waals surface area contributed by atoms with Gasteiger partial charge in [0.15, 0.2) is 0 Å². The first-order valence-corrected chi connectivity index (χ1v) is 11.4. The molecule has 2 aliphatic rings. The molecule has 0 atom stereocenters. The van der Waals surface area contributed by atoms with Crippen molar-refractivity contribution in [1.82, 2.24) is 10.2 Å². The summed E-state index contributed by atoms with van der Waals surface area (Å²) in [5.41, 5.74) is 3.68. The van der Waals surface area contributed by atoms with Crippen LogP contribution < -0.4 is 5.32 Å². The Morgan fingerprint density at radius 3 is 2.57 bits per heavy atom. The zero-order chi connectivity index (χ0) is 20.4. The largest absolute Gasteiger partial charge is 0.396 e. The molecule has 1 fully saturated rings. The Morgan fingerprint density at radius 1 is 1.25 bits per heavy atom. The molecule has 0 aromatic heterocycles. The standard InChI is InChI=1S/C13H17BrN2O.C10H18O/c1-15-12-9-16(6-3-7-17)8-10-4-2-5-11(14)13(10)12;1-9(11)8-10-6-4-2-3-5-7-10/h2,4-5,9,15,17H,3,6-8H2,1H3;10H,2-8H2,1H3. The minimum absolute atomic E-state index is 0.241. The maximum atomic E-state index is 10.8. The SMILES string of the molecule is CC(=O)CC1CCCCCC1.CNC1=CN(CCCO)Cc2cccc(Br)c21. The molecule has 3 rings (SSSR count). The van der Waals surface area contributed by atoms with E-state index >= 15 is 0 Å². The van der Waals surface area contributed by atoms with Crippen molar-refractivity contribution in [2.45, 2.75) is 64.8 Å². The number of ketones is 1. The van der Waals surface area contributed by atoms with E-state index in [9.17, 15) is 4.79 Å². The monoisotopic (exact) mass is 450 g/mol. The van der Waals surface area contributed by atoms with Crippen LogP contribution in [0.3, 0.4) is 0 Å². The topological polar surface area (TPSA) is 52.6 Å². The second kappa shape index (κ2) is 12.3. The maximum Gasteiger partial charge on any atom is 0.130 e. The van der Waals surface area contributed by atoms with Crippen LogP contribution in [0.5, 0.6) is 0 Å². The molecule has 1 aliphatic heterocycles. The van der Waals surface area contributed by atoms with E-state index in [1.165, 1.54) is 49.7 Å². The maximum absolute atomic E-state index is 10.8. The number of halogens is 1. The number of aliphatic hydroxyl groups is 1. The third-order valence-electron chi connectivity index (χ3n) is 5.48. The van der Waals surface area contributed by atoms with Gasteiger partial charge in [-0.1, -0.05) is 66.6 Å². The number of rotatable bonds is 6. The molecule has 4 nitrogen and oxygen atoms in total. The van der Waals surface area contributed by atoms with Crippen molar-refractivity contribution in [3.8, 4) is 0 Å². The molecular weight excluding hydrogens is 416 g/mol. The highest BCUT2D eigenvalue weighted by molar-refractivity contribution is 9.10. The number of fused-ring (bicyclic) bond motifs is 1. The average Bonchev–Trinajstić information content (AvgIpc) is 2.94. The number of nitrogens with one attached hydrogen (secondary N) is 1. The van der Waals surface area contributed by atoms with Gasteiger partial charge in [-0.05, 0) is 30.9 Å². The van der Waals surface area contributed by atoms with Crippen molar-refractivity contribution in [3.63, 3.8) is 0 Å². The van der Waals surface area contributed by atoms with E-state index in [-0.39, 0.29) is 6.61 Å². The van der Waals surface area contributed by atoms with Gasteiger partial charge in [-0.15, -0.1) is 0 Å². The van der Waals surface area contributed by atoms with Gasteiger partial charge in [0.05, 0.1) is 5.70 Å². The van der Waals surface area contributed by atoms with Gasteiger partial charge in [0.2, 0.25) is 0 Å². The van der Waals surface area contributed by atoms with Crippen LogP contribution in [0.25, 0.3) is 5.70 Å². The Hall–Kier alpha value is -1.33. The quantitative estimate of drug-likeness (QED) is 0.591. The molecule has 0 radical (unpaired) electrons. The van der Waals surface area contributed by atoms with Gasteiger partial charge < -0.3 is 20.1 Å². The zero-order valence-electron chi connectivity index (χ0n) is 17.3. The molecule has 156 valence electrons. The summed E-state index contributed by atoms with van der Waals surface area (Å²) >= 11 is 3.60. The van der Waals surface area contributed by atoms with E-state index < -0.39 is 0 Å². The molecule has 1 heterocycles. The Labute approximate surface area is 178 Å². The summed E-state index contributed by atoms with van der Waals surface area (Å²) in [7, 11) is 1.94. The number of Topliss-reactive ketones (excluding diaryl/α,β-unsaturated/α-hetero) is 1. The zero-order valence-corrected chi connectivity index (χ0v) is 18.9. The Bertz CT molecular complexity index is 652. The summed E-state index contributed by atoms with van der Waals surface area (Å²) in [4.78, 5) is 13.1. The van der Waals surface area contributed by atoms with E-state index in [2.05, 4.69) is 50.5 Å². The highest BCUT2D eigenvalue weighted by Crippen LogP contribution is 2.31. The lowest BCUT2D eigenvalue weighted by molar-refractivity contribution is -0.118. The lowest BCUT2D eigenvalue weighted by Crippen LogP contribution is -2.26. The molecule has 2 N–H and O–H groups in total. The van der Waals surface area contributed by atoms with E-state index in [1.807, 2.05) is 7.05 Å². The molecule has 0 spiro atoms. The van der Waals surface area contributed by atoms with Crippen molar-refractivity contribution in [1.29, 1.82) is 0 Å². The normalized spacial score (nSPS) is 17.0. The summed E-state index contributed by atoms with van der Waals surface area (Å²) in [5, 5.41) is 12.1. The van der Waals surface area contributed by atoms with E-state index in [4.69, 9.17) is 5.11 Å². The summed E-state index contributed by atoms with van der Waals surface area (Å²) in [6.07, 6.45) is 11.8. The van der Waals surface area contributed by atoms with Crippen LogP contribution in [0.15, 0.2) is 28.9 Å². The summed E-state index contributed by atoms with van der Waals surface area (Å²) in [6.45, 7) is 3.74. The van der Waals surface area contributed by atoms with Crippen LogP contribution >= 0.6 is 15.9 Å². The number of hydrogen-bond donors (Lipinski definition) is 2. The van der Waals surface area contributed by atoms with Crippen molar-refractivity contribution in [3.05, 3.63) is 40.0 Å². The van der Waals surface area contributed by atoms with Crippen molar-refractivity contribution >= 4 is 27.4 Å². The molecule has 0 unspecified atom stereocenters. The van der Waals surface area contributed by atoms with Crippen molar-refractivity contribution < 1.29 is 9.90 Å². The van der Waals surface area contributed by atoms with Crippen molar-refractivity contribution in [2.24, 2.45) is 5.92 Å². The fourth-order valence-corrected chi connectivity index (χ4v) is 4.72. The third kappa shape index (κ3) is 7.25. The second-order valence-corrected chi connectivity index (χ2v) is 8.73. The van der Waals surface area contributed by atoms with E-state index in [1.54, 1.807) is 6.92 Å². The van der Waals surface area contributed by atoms with Crippen LogP contribution in [0.4, 0.5) is 0 Å². The minimum Gasteiger partial charge on any atom is -0.396 e. The highest BCUT2D eigenvalue weighted by atomic mass is 79.9. The third-order valence-corrected chi connectivity index (χ3v) is 6.14. The van der Waals surface area contributed by atoms with Crippen LogP contribution in [0.2, 0.25) is 0 Å². The second-order valence-electron chi connectivity index (χ2n) is 7.88. The van der Waals surface area contributed by atoms with Crippen LogP contribution in [0, 0.1) is 5.92 Å². The summed E-state index contributed by atoms with van der Waals surface area (Å²) in [6, 6.07) is 6.27. The fourth-order valence-electron chi connectivity index (χ4n) is 4.10. The minimum atomic E-state index is 0.241. The van der Waals surface area contributed by atoms with Crippen LogP contribution in [-0.2, 0) is 11.3 Å². The van der Waals surface area contributed by atoms with Gasteiger partial charge >= 0.3 is 0 Å². The van der Waals surface area contributed by atoms with Gasteiger partial charge in [0.25, 0.3) is 0 Å². The molecule has 1 saturated carbocycles. The Kier molecular flexibility index (Phi) is 10.1. The number of aliphatic hydroxyl groups excluding tert-OH is 1. The van der Waals surface area contributed by atoms with Crippen LogP contribution in [-0.4, -0.2) is 36.0 Å². The lowest BCUT2D eigenvalue weighted by atomic mass is 9.95. The number of hydrogen-bond acceptors (Lipinski definition) is 4. The fraction of sp³-hybridized carbons (Fsp3) is 0.609. The van der Waals surface area contributed by atoms with Gasteiger partial charge in [-0.2, -0.15) is 0 Å². The molecular formula is C23H35BrN2O2. The Morgan fingerprint density at radius 2 is 1.96 bits per heavy atom. The number of carbonyl (C=O) groups is 1. The highest BCUT2D eigenvalue weighted by Gasteiger charge is 2.18. The summed E-state index contributed by atoms with van der Waals surface area (Å²) in [5.74, 6) is 1.09. The molecule has 28 heavy (non-hydrogen) atoms. The van der Waals surface area contributed by atoms with E-state index in [0.29, 0.717) is 5.78 Å². The van der Waals surface area contributed by atoms with Gasteiger partial charge in [-0.3, -0.25) is 0 Å². The molecule has 1 aliphatic carbocycles. The van der Waals surface area contributed by atoms with E-state index in [0.717, 1.165) is 42.0 Å². The van der Waals surface area contributed by atoms with Gasteiger partial charge in [0.1, 0.15) is 5.78 Å². The molecule has 0 saturated heterocycles. The number of carbonyl (C=O) groups excluding carboxylic acids is 1. The predicted molar refractivity (Wildman–Crippen MR) is 120 cm³/mol. The smallest absolute Gasteiger partial charge is 0.130 e. The first kappa shape index (κ1) is 23.0. The van der Waals surface area contributed by atoms with Gasteiger partial charge in [-0.25, -0.2) is 0 Å². The molecule has 0 bridgehead atoms. The summed E-state index contributed by atoms with van der Waals surface area (Å²) < 4.78 is 1.12. The number of nitrogens with zero attached hydrogens (tertiary/aromatic N) is 1. The first-order valence-electron chi connectivity index (χ1n) is 10.6. The van der Waals surface area contributed by atoms with Crippen LogP contribution in [0.1, 0.15) is 69.4 Å². The lowest BCUT2D eigenvalue weighted by Gasteiger charge is -2.29.